The molecule has 2 aliphatic heterocycles. The fraction of sp³-hybridized carbons (Fsp3) is 0.444. The van der Waals surface area contributed by atoms with Crippen molar-refractivity contribution in [2.24, 2.45) is 11.8 Å². The number of fused-ring (bicyclic) bond motifs is 1. The number of esters is 1. The summed E-state index contributed by atoms with van der Waals surface area (Å²) in [6, 6.07) is 9.23. The zero-order valence-electron chi connectivity index (χ0n) is 28.5. The van der Waals surface area contributed by atoms with Crippen molar-refractivity contribution in [3.8, 4) is 0 Å². The number of alkyl halides is 3. The minimum absolute atomic E-state index is 0.115. The molecule has 0 aromatic heterocycles. The van der Waals surface area contributed by atoms with E-state index in [9.17, 15) is 42.4 Å². The summed E-state index contributed by atoms with van der Waals surface area (Å²) in [6.45, 7) is 5.97. The van der Waals surface area contributed by atoms with Crippen LogP contribution < -0.4 is 21.3 Å². The molecule has 2 heterocycles. The van der Waals surface area contributed by atoms with Crippen molar-refractivity contribution in [1.82, 2.24) is 21.3 Å². The molecule has 0 saturated carbocycles. The van der Waals surface area contributed by atoms with E-state index in [1.165, 1.54) is 6.08 Å². The molecule has 15 heteroatoms. The number of ether oxygens (including phenoxy) is 1. The van der Waals surface area contributed by atoms with E-state index >= 15 is 0 Å². The monoisotopic (exact) mass is 713 g/mol. The first-order valence-electron chi connectivity index (χ1n) is 16.8. The smallest absolute Gasteiger partial charge is 0.479 e. The maximum Gasteiger partial charge on any atom is 0.479 e. The highest BCUT2D eigenvalue weighted by atomic mass is 19.4. The van der Waals surface area contributed by atoms with Crippen molar-refractivity contribution >= 4 is 46.1 Å². The van der Waals surface area contributed by atoms with Crippen LogP contribution in [0.2, 0.25) is 0 Å². The molecule has 2 aliphatic rings. The van der Waals surface area contributed by atoms with Gasteiger partial charge in [0.1, 0.15) is 12.1 Å². The van der Waals surface area contributed by atoms with Crippen molar-refractivity contribution in [2.75, 3.05) is 13.2 Å². The van der Waals surface area contributed by atoms with Gasteiger partial charge in [-0.2, -0.15) is 17.9 Å². The summed E-state index contributed by atoms with van der Waals surface area (Å²) < 4.78 is 43.7. The van der Waals surface area contributed by atoms with Crippen LogP contribution in [-0.2, 0) is 35.1 Å². The van der Waals surface area contributed by atoms with E-state index in [0.29, 0.717) is 24.6 Å². The Kier molecular flexibility index (Phi) is 13.0. The van der Waals surface area contributed by atoms with E-state index in [2.05, 4.69) is 21.3 Å². The largest absolute Gasteiger partial charge is 0.618 e. The van der Waals surface area contributed by atoms with Gasteiger partial charge >= 0.3 is 23.8 Å². The lowest BCUT2D eigenvalue weighted by molar-refractivity contribution is -0.419. The second-order valence-corrected chi connectivity index (χ2v) is 12.9. The van der Waals surface area contributed by atoms with Crippen LogP contribution in [0.3, 0.4) is 0 Å². The maximum absolute atomic E-state index is 14.0. The Balaban J connectivity index is 1.59. The third-order valence-corrected chi connectivity index (χ3v) is 8.52. The number of carbonyl (C=O) groups is 5. The predicted molar refractivity (Wildman–Crippen MR) is 182 cm³/mol. The summed E-state index contributed by atoms with van der Waals surface area (Å²) in [6.07, 6.45) is -0.453. The summed E-state index contributed by atoms with van der Waals surface area (Å²) in [5, 5.41) is 24.4. The predicted octanol–water partition coefficient (Wildman–Crippen LogP) is 3.33. The summed E-state index contributed by atoms with van der Waals surface area (Å²) in [4.78, 5) is 65.4. The molecule has 0 bridgehead atoms. The Bertz CT molecular complexity index is 1730. The van der Waals surface area contributed by atoms with Gasteiger partial charge in [-0.25, -0.2) is 4.79 Å². The number of carbonyl (C=O) groups excluding carboxylic acids is 5. The first kappa shape index (κ1) is 38.6. The van der Waals surface area contributed by atoms with Crippen molar-refractivity contribution in [3.63, 3.8) is 0 Å². The fourth-order valence-corrected chi connectivity index (χ4v) is 5.99. The molecular formula is C36H42F3N5O7. The van der Waals surface area contributed by atoms with Gasteiger partial charge in [0.05, 0.1) is 12.7 Å². The van der Waals surface area contributed by atoms with Crippen LogP contribution in [0.1, 0.15) is 52.0 Å². The van der Waals surface area contributed by atoms with E-state index in [4.69, 9.17) is 4.74 Å². The van der Waals surface area contributed by atoms with Crippen molar-refractivity contribution in [3.05, 3.63) is 77.2 Å². The minimum Gasteiger partial charge on any atom is -0.618 e. The van der Waals surface area contributed by atoms with E-state index in [-0.39, 0.29) is 37.7 Å². The van der Waals surface area contributed by atoms with Crippen LogP contribution in [0.15, 0.2) is 66.4 Å². The molecule has 0 radical (unpaired) electrons. The quantitative estimate of drug-likeness (QED) is 0.0951. The first-order valence-corrected chi connectivity index (χ1v) is 16.8. The molecule has 12 nitrogen and oxygen atoms in total. The molecule has 2 aromatic carbocycles. The molecule has 274 valence electrons. The number of rotatable bonds is 15. The molecule has 4 atom stereocenters. The second-order valence-electron chi connectivity index (χ2n) is 12.9. The van der Waals surface area contributed by atoms with Crippen LogP contribution in [0, 0.1) is 17.0 Å². The number of nitrogens with zero attached hydrogens (tertiary/aromatic N) is 1. The lowest BCUT2D eigenvalue weighted by Gasteiger charge is -2.28. The zero-order chi connectivity index (χ0) is 37.3. The highest BCUT2D eigenvalue weighted by molar-refractivity contribution is 6.09. The molecule has 1 unspecified atom stereocenters. The van der Waals surface area contributed by atoms with Crippen molar-refractivity contribution in [2.45, 2.75) is 77.2 Å². The Labute approximate surface area is 293 Å². The number of nitrogens with one attached hydrogen (secondary N) is 4. The van der Waals surface area contributed by atoms with Crippen LogP contribution in [0.5, 0.6) is 0 Å². The van der Waals surface area contributed by atoms with Gasteiger partial charge in [-0.1, -0.05) is 62.4 Å². The standard InChI is InChI=1S/C36H42F3N5O7/c1-4-51-31(45)15-14-25(18-24-12-8-16-40-32(24)46)41-33(47)27(17-21(2)3)42-34(48)28(19-23-11-7-10-22-9-5-6-13-26(22)23)43-35(49)29-20-30(44(29)50)36(37,38)39/h5-7,9-11,13-15,20-21,24-25,27-28H,4,8,12,16-19H2,1-3H3,(H,40,46)(H,41,47)(H,42,48)(H,43,49)/b15-14+/t24-,25?,27-,28-/m0/s1. The first-order chi connectivity index (χ1) is 24.2. The number of benzene rings is 2. The zero-order valence-corrected chi connectivity index (χ0v) is 28.5. The molecule has 0 aliphatic carbocycles. The SMILES string of the molecule is CCOC(=O)/C=C/C(C[C@@H]1CCCNC1=O)NC(=O)[C@H](CC(C)C)NC(=O)[C@H](Cc1cccc2ccccc12)NC(=O)C1=CC(C(F)(F)F)=[N+]1[O-]. The minimum atomic E-state index is -4.97. The molecule has 51 heavy (non-hydrogen) atoms. The normalized spacial score (nSPS) is 18.0. The van der Waals surface area contributed by atoms with Crippen LogP contribution in [0.4, 0.5) is 13.2 Å². The lowest BCUT2D eigenvalue weighted by atomic mass is 9.91. The molecular weight excluding hydrogens is 671 g/mol. The number of halogens is 3. The molecule has 4 N–H and O–H groups in total. The fourth-order valence-electron chi connectivity index (χ4n) is 5.99. The lowest BCUT2D eigenvalue weighted by Crippen LogP contribution is -2.56. The molecule has 4 amide bonds. The highest BCUT2D eigenvalue weighted by Crippen LogP contribution is 2.26. The highest BCUT2D eigenvalue weighted by Gasteiger charge is 2.50. The van der Waals surface area contributed by atoms with Crippen molar-refractivity contribution in [1.29, 1.82) is 0 Å². The third-order valence-electron chi connectivity index (χ3n) is 8.52. The molecule has 1 saturated heterocycles. The number of hydrogen-bond acceptors (Lipinski definition) is 7. The van der Waals surface area contributed by atoms with Crippen molar-refractivity contribution < 1.29 is 46.6 Å². The third kappa shape index (κ3) is 10.4. The molecule has 1 fully saturated rings. The topological polar surface area (TPSA) is 169 Å². The average molecular weight is 714 g/mol. The van der Waals surface area contributed by atoms with E-state index in [1.54, 1.807) is 25.1 Å². The molecule has 0 spiro atoms. The van der Waals surface area contributed by atoms with Gasteiger partial charge in [0.2, 0.25) is 17.7 Å². The molecule has 2 aromatic rings. The van der Waals surface area contributed by atoms with Crippen LogP contribution in [0.25, 0.3) is 10.8 Å². The molecule has 4 rings (SSSR count). The summed E-state index contributed by atoms with van der Waals surface area (Å²) in [7, 11) is 0. The van der Waals surface area contributed by atoms with Gasteiger partial charge in [0.25, 0.3) is 5.70 Å². The number of allylic oxidation sites excluding steroid dienone is 1. The number of hydrogen-bond donors (Lipinski definition) is 4. The average Bonchev–Trinajstić information content (AvgIpc) is 3.06. The van der Waals surface area contributed by atoms with E-state index in [0.717, 1.165) is 23.3 Å². The Morgan fingerprint density at radius 1 is 1.04 bits per heavy atom. The van der Waals surface area contributed by atoms with Gasteiger partial charge in [-0.3, -0.25) is 19.2 Å². The van der Waals surface area contributed by atoms with Gasteiger partial charge in [0, 0.05) is 31.0 Å². The Morgan fingerprint density at radius 2 is 1.75 bits per heavy atom. The van der Waals surface area contributed by atoms with Gasteiger partial charge < -0.3 is 31.2 Å². The van der Waals surface area contributed by atoms with Gasteiger partial charge in [-0.15, -0.1) is 0 Å². The van der Waals surface area contributed by atoms with E-state index < -0.39 is 70.1 Å². The second kappa shape index (κ2) is 17.1. The summed E-state index contributed by atoms with van der Waals surface area (Å²) in [5.74, 6) is -4.01. The van der Waals surface area contributed by atoms with Crippen LogP contribution >= 0.6 is 0 Å². The number of piperidine rings is 1. The Morgan fingerprint density at radius 3 is 2.41 bits per heavy atom. The van der Waals surface area contributed by atoms with Gasteiger partial charge in [-0.05, 0) is 54.9 Å². The van der Waals surface area contributed by atoms with Crippen LogP contribution in [-0.4, -0.2) is 77.5 Å². The van der Waals surface area contributed by atoms with Gasteiger partial charge in [0.15, 0.2) is 0 Å². The summed E-state index contributed by atoms with van der Waals surface area (Å²) >= 11 is 0. The summed E-state index contributed by atoms with van der Waals surface area (Å²) in [5.41, 5.74) is -1.75. The number of hydroxylamine groups is 1. The number of amides is 4. The van der Waals surface area contributed by atoms with E-state index in [1.807, 2.05) is 38.1 Å². The Hall–Kier alpha value is -5.21. The maximum atomic E-state index is 14.0.